The Kier molecular flexibility index (Phi) is 6.30. The van der Waals surface area contributed by atoms with Gasteiger partial charge < -0.3 is 9.47 Å². The van der Waals surface area contributed by atoms with Crippen LogP contribution in [0.25, 0.3) is 0 Å². The van der Waals surface area contributed by atoms with E-state index in [-0.39, 0.29) is 0 Å². The summed E-state index contributed by atoms with van der Waals surface area (Å²) in [5, 5.41) is 0. The highest BCUT2D eigenvalue weighted by Crippen LogP contribution is 2.27. The van der Waals surface area contributed by atoms with E-state index in [1.54, 1.807) is 0 Å². The topological polar surface area (TPSA) is 21.7 Å². The van der Waals surface area contributed by atoms with E-state index in [1.807, 2.05) is 18.2 Å². The lowest BCUT2D eigenvalue weighted by Crippen LogP contribution is -2.41. The summed E-state index contributed by atoms with van der Waals surface area (Å²) in [7, 11) is 0. The van der Waals surface area contributed by atoms with E-state index in [4.69, 9.17) is 9.47 Å². The minimum Gasteiger partial charge on any atom is -0.488 e. The van der Waals surface area contributed by atoms with Crippen LogP contribution in [0, 0.1) is 0 Å². The average Bonchev–Trinajstić information content (AvgIpc) is 2.60. The molecule has 128 valence electrons. The molecule has 0 radical (unpaired) electrons. The van der Waals surface area contributed by atoms with Crippen LogP contribution < -0.4 is 4.74 Å². The van der Waals surface area contributed by atoms with Crippen molar-refractivity contribution >= 4 is 15.9 Å². The van der Waals surface area contributed by atoms with E-state index >= 15 is 0 Å². The lowest BCUT2D eigenvalue weighted by atomic mass is 10.1. The molecule has 1 unspecified atom stereocenters. The molecule has 0 bridgehead atoms. The van der Waals surface area contributed by atoms with Crippen LogP contribution in [0.15, 0.2) is 53.0 Å². The molecule has 24 heavy (non-hydrogen) atoms. The van der Waals surface area contributed by atoms with Crippen molar-refractivity contribution < 1.29 is 9.47 Å². The van der Waals surface area contributed by atoms with E-state index in [2.05, 4.69) is 58.1 Å². The Hall–Kier alpha value is -1.36. The summed E-state index contributed by atoms with van der Waals surface area (Å²) in [6.45, 7) is 6.71. The summed E-state index contributed by atoms with van der Waals surface area (Å²) in [5.74, 6) is 0.891. The van der Waals surface area contributed by atoms with Gasteiger partial charge in [0.05, 0.1) is 17.2 Å². The maximum atomic E-state index is 5.91. The van der Waals surface area contributed by atoms with Crippen molar-refractivity contribution in [1.29, 1.82) is 0 Å². The largest absolute Gasteiger partial charge is 0.488 e. The van der Waals surface area contributed by atoms with Crippen LogP contribution in [-0.2, 0) is 17.8 Å². The van der Waals surface area contributed by atoms with Crippen molar-refractivity contribution in [3.05, 3.63) is 64.1 Å². The van der Waals surface area contributed by atoms with Gasteiger partial charge in [-0.1, -0.05) is 36.4 Å². The third-order valence-electron chi connectivity index (χ3n) is 4.28. The third-order valence-corrected chi connectivity index (χ3v) is 4.90. The Bertz CT molecular complexity index is 647. The first-order valence-corrected chi connectivity index (χ1v) is 9.29. The maximum absolute atomic E-state index is 5.91. The molecule has 0 aromatic heterocycles. The first-order chi connectivity index (χ1) is 11.7. The second-order valence-electron chi connectivity index (χ2n) is 6.27. The summed E-state index contributed by atoms with van der Waals surface area (Å²) in [6.07, 6.45) is 1.39. The van der Waals surface area contributed by atoms with Gasteiger partial charge in [0.1, 0.15) is 12.4 Å². The molecule has 0 amide bonds. The van der Waals surface area contributed by atoms with E-state index < -0.39 is 0 Å². The molecule has 1 atom stereocenters. The molecule has 2 aromatic carbocycles. The average molecular weight is 390 g/mol. The van der Waals surface area contributed by atoms with E-state index in [9.17, 15) is 0 Å². The minimum atomic E-state index is 0.347. The Morgan fingerprint density at radius 3 is 2.75 bits per heavy atom. The zero-order valence-corrected chi connectivity index (χ0v) is 15.7. The molecule has 4 heteroatoms. The maximum Gasteiger partial charge on any atom is 0.134 e. The van der Waals surface area contributed by atoms with Crippen molar-refractivity contribution in [1.82, 2.24) is 4.90 Å². The first kappa shape index (κ1) is 17.5. The van der Waals surface area contributed by atoms with Gasteiger partial charge in [-0.25, -0.2) is 0 Å². The lowest BCUT2D eigenvalue weighted by Gasteiger charge is -2.31. The van der Waals surface area contributed by atoms with Gasteiger partial charge in [0.15, 0.2) is 0 Å². The molecule has 3 rings (SSSR count). The van der Waals surface area contributed by atoms with Crippen LogP contribution >= 0.6 is 15.9 Å². The standard InChI is InChI=1S/C20H24BrNO2/c1-16-14-22(11-12-23-16)10-9-17-7-8-20(19(21)13-17)24-15-18-5-3-2-4-6-18/h2-8,13,16H,9-12,14-15H2,1H3. The fourth-order valence-electron chi connectivity index (χ4n) is 2.93. The second-order valence-corrected chi connectivity index (χ2v) is 7.13. The van der Waals surface area contributed by atoms with Gasteiger partial charge in [-0.15, -0.1) is 0 Å². The van der Waals surface area contributed by atoms with Gasteiger partial charge >= 0.3 is 0 Å². The second kappa shape index (κ2) is 8.65. The molecule has 1 aliphatic rings. The van der Waals surface area contributed by atoms with Crippen molar-refractivity contribution in [2.75, 3.05) is 26.2 Å². The molecule has 1 fully saturated rings. The molecule has 0 N–H and O–H groups in total. The van der Waals surface area contributed by atoms with E-state index in [1.165, 1.54) is 11.1 Å². The van der Waals surface area contributed by atoms with Crippen LogP contribution in [0.5, 0.6) is 5.75 Å². The first-order valence-electron chi connectivity index (χ1n) is 8.50. The van der Waals surface area contributed by atoms with Gasteiger partial charge in [-0.2, -0.15) is 0 Å². The minimum absolute atomic E-state index is 0.347. The normalized spacial score (nSPS) is 18.5. The fourth-order valence-corrected chi connectivity index (χ4v) is 3.47. The molecule has 3 nitrogen and oxygen atoms in total. The predicted octanol–water partition coefficient (Wildman–Crippen LogP) is 4.29. The number of morpholine rings is 1. The molecule has 0 saturated carbocycles. The lowest BCUT2D eigenvalue weighted by molar-refractivity contribution is -0.0177. The quantitative estimate of drug-likeness (QED) is 0.735. The molecule has 1 aliphatic heterocycles. The van der Waals surface area contributed by atoms with Crippen LogP contribution in [-0.4, -0.2) is 37.2 Å². The molecule has 1 saturated heterocycles. The van der Waals surface area contributed by atoms with Crippen LogP contribution in [0.2, 0.25) is 0 Å². The van der Waals surface area contributed by atoms with Crippen LogP contribution in [0.3, 0.4) is 0 Å². The van der Waals surface area contributed by atoms with Crippen molar-refractivity contribution in [2.45, 2.75) is 26.1 Å². The summed E-state index contributed by atoms with van der Waals surface area (Å²) in [5.41, 5.74) is 2.50. The van der Waals surface area contributed by atoms with Gasteiger partial charge in [-0.05, 0) is 52.5 Å². The van der Waals surface area contributed by atoms with Gasteiger partial charge in [0.2, 0.25) is 0 Å². The zero-order chi connectivity index (χ0) is 16.8. The number of rotatable bonds is 6. The highest BCUT2D eigenvalue weighted by Gasteiger charge is 2.16. The highest BCUT2D eigenvalue weighted by molar-refractivity contribution is 9.10. The Balaban J connectivity index is 1.52. The Morgan fingerprint density at radius 1 is 1.17 bits per heavy atom. The summed E-state index contributed by atoms with van der Waals surface area (Å²) >= 11 is 3.64. The predicted molar refractivity (Wildman–Crippen MR) is 100 cm³/mol. The third kappa shape index (κ3) is 5.07. The van der Waals surface area contributed by atoms with Gasteiger partial charge in [0, 0.05) is 19.6 Å². The zero-order valence-electron chi connectivity index (χ0n) is 14.1. The van der Waals surface area contributed by atoms with Crippen molar-refractivity contribution in [3.63, 3.8) is 0 Å². The molecule has 0 aliphatic carbocycles. The number of benzene rings is 2. The summed E-state index contributed by atoms with van der Waals surface area (Å²) < 4.78 is 12.5. The Labute approximate surface area is 152 Å². The number of ether oxygens (including phenoxy) is 2. The number of nitrogens with zero attached hydrogens (tertiary/aromatic N) is 1. The SMILES string of the molecule is CC1CN(CCc2ccc(OCc3ccccc3)c(Br)c2)CCO1. The summed E-state index contributed by atoms with van der Waals surface area (Å²) in [4.78, 5) is 2.47. The molecule has 0 spiro atoms. The molecular formula is C20H24BrNO2. The van der Waals surface area contributed by atoms with Crippen molar-refractivity contribution in [3.8, 4) is 5.75 Å². The smallest absolute Gasteiger partial charge is 0.134 e. The van der Waals surface area contributed by atoms with E-state index in [0.29, 0.717) is 12.7 Å². The van der Waals surface area contributed by atoms with Crippen LogP contribution in [0.1, 0.15) is 18.1 Å². The van der Waals surface area contributed by atoms with Gasteiger partial charge in [0.25, 0.3) is 0 Å². The summed E-state index contributed by atoms with van der Waals surface area (Å²) in [6, 6.07) is 16.6. The molecule has 1 heterocycles. The number of halogens is 1. The van der Waals surface area contributed by atoms with E-state index in [0.717, 1.165) is 42.9 Å². The Morgan fingerprint density at radius 2 is 2.00 bits per heavy atom. The molecule has 2 aromatic rings. The van der Waals surface area contributed by atoms with Crippen molar-refractivity contribution in [2.24, 2.45) is 0 Å². The number of hydrogen-bond acceptors (Lipinski definition) is 3. The highest BCUT2D eigenvalue weighted by atomic mass is 79.9. The van der Waals surface area contributed by atoms with Crippen LogP contribution in [0.4, 0.5) is 0 Å². The molecular weight excluding hydrogens is 366 g/mol. The van der Waals surface area contributed by atoms with Gasteiger partial charge in [-0.3, -0.25) is 4.90 Å². The number of hydrogen-bond donors (Lipinski definition) is 0. The monoisotopic (exact) mass is 389 g/mol. The fraction of sp³-hybridized carbons (Fsp3) is 0.400.